The molecule has 0 aliphatic heterocycles. The molecule has 0 aromatic heterocycles. The molecule has 5 heteroatoms. The first-order chi connectivity index (χ1) is 19.5. The summed E-state index contributed by atoms with van der Waals surface area (Å²) in [6.07, 6.45) is 30.2. The second kappa shape index (κ2) is 30.8. The van der Waals surface area contributed by atoms with Crippen LogP contribution >= 0.6 is 0 Å². The second-order valence-electron chi connectivity index (χ2n) is 12.5. The Morgan fingerprint density at radius 1 is 0.500 bits per heavy atom. The third kappa shape index (κ3) is 31.4. The van der Waals surface area contributed by atoms with E-state index in [9.17, 15) is 14.7 Å². The maximum absolute atomic E-state index is 11.9. The van der Waals surface area contributed by atoms with Gasteiger partial charge in [-0.25, -0.2) is 0 Å². The van der Waals surface area contributed by atoms with Gasteiger partial charge in [0, 0.05) is 12.8 Å². The van der Waals surface area contributed by atoms with Crippen LogP contribution in [0.4, 0.5) is 0 Å². The number of hydrogen-bond donors (Lipinski definition) is 1. The fraction of sp³-hybridized carbons (Fsp3) is 0.943. The molecule has 0 aliphatic rings. The molecular formula is C35H68O5. The van der Waals surface area contributed by atoms with Gasteiger partial charge in [0.1, 0.15) is 19.3 Å². The van der Waals surface area contributed by atoms with Crippen LogP contribution in [0.15, 0.2) is 0 Å². The van der Waals surface area contributed by atoms with Gasteiger partial charge in [-0.15, -0.1) is 0 Å². The number of unbranched alkanes of at least 4 members (excludes halogenated alkanes) is 21. The lowest BCUT2D eigenvalue weighted by atomic mass is 10.0. The van der Waals surface area contributed by atoms with E-state index in [1.54, 1.807) is 0 Å². The third-order valence-corrected chi connectivity index (χ3v) is 7.77. The molecule has 1 atom stereocenters. The van der Waals surface area contributed by atoms with Crippen LogP contribution in [0.25, 0.3) is 0 Å². The molecule has 0 unspecified atom stereocenters. The van der Waals surface area contributed by atoms with Gasteiger partial charge < -0.3 is 14.6 Å². The first-order valence-electron chi connectivity index (χ1n) is 17.4. The SMILES string of the molecule is CCCCCCCCCCCCCCCCCCC(=O)OC[C@H](O)COC(=O)CCCCCCCCCC(C)C. The highest BCUT2D eigenvalue weighted by Gasteiger charge is 2.12. The summed E-state index contributed by atoms with van der Waals surface area (Å²) in [5.74, 6) is 0.237. The first-order valence-corrected chi connectivity index (χ1v) is 17.4. The van der Waals surface area contributed by atoms with Gasteiger partial charge in [0.05, 0.1) is 0 Å². The van der Waals surface area contributed by atoms with Crippen LogP contribution in [-0.2, 0) is 19.1 Å². The fourth-order valence-corrected chi connectivity index (χ4v) is 5.09. The van der Waals surface area contributed by atoms with E-state index in [0.717, 1.165) is 38.0 Å². The molecule has 238 valence electrons. The van der Waals surface area contributed by atoms with Crippen LogP contribution < -0.4 is 0 Å². The fourth-order valence-electron chi connectivity index (χ4n) is 5.09. The summed E-state index contributed by atoms with van der Waals surface area (Å²) >= 11 is 0. The Bertz CT molecular complexity index is 548. The van der Waals surface area contributed by atoms with Gasteiger partial charge in [0.15, 0.2) is 0 Å². The van der Waals surface area contributed by atoms with Gasteiger partial charge in [-0.2, -0.15) is 0 Å². The first kappa shape index (κ1) is 38.9. The van der Waals surface area contributed by atoms with Gasteiger partial charge in [-0.05, 0) is 18.8 Å². The summed E-state index contributed by atoms with van der Waals surface area (Å²) in [5.41, 5.74) is 0. The van der Waals surface area contributed by atoms with Crippen LogP contribution in [0.3, 0.4) is 0 Å². The van der Waals surface area contributed by atoms with Gasteiger partial charge in [-0.1, -0.05) is 162 Å². The zero-order valence-corrected chi connectivity index (χ0v) is 27.0. The predicted molar refractivity (Wildman–Crippen MR) is 168 cm³/mol. The Morgan fingerprint density at radius 3 is 1.12 bits per heavy atom. The molecule has 5 nitrogen and oxygen atoms in total. The number of rotatable bonds is 31. The molecular weight excluding hydrogens is 500 g/mol. The molecule has 0 spiro atoms. The van der Waals surface area contributed by atoms with Crippen LogP contribution in [0.1, 0.15) is 188 Å². The number of aliphatic hydroxyl groups is 1. The van der Waals surface area contributed by atoms with Crippen molar-refractivity contribution in [1.29, 1.82) is 0 Å². The summed E-state index contributed by atoms with van der Waals surface area (Å²) in [7, 11) is 0. The molecule has 0 aromatic carbocycles. The topological polar surface area (TPSA) is 72.8 Å². The van der Waals surface area contributed by atoms with E-state index in [1.807, 2.05) is 0 Å². The van der Waals surface area contributed by atoms with Crippen molar-refractivity contribution in [3.63, 3.8) is 0 Å². The number of ether oxygens (including phenoxy) is 2. The van der Waals surface area contributed by atoms with Crippen LogP contribution in [0.2, 0.25) is 0 Å². The lowest BCUT2D eigenvalue weighted by molar-refractivity contribution is -0.152. The van der Waals surface area contributed by atoms with Crippen molar-refractivity contribution in [2.75, 3.05) is 13.2 Å². The molecule has 0 fully saturated rings. The van der Waals surface area contributed by atoms with Crippen molar-refractivity contribution in [2.45, 2.75) is 194 Å². The Hall–Kier alpha value is -1.10. The molecule has 0 aromatic rings. The standard InChI is InChI=1S/C35H68O5/c1-4-5-6-7-8-9-10-11-12-13-14-15-16-19-22-25-28-34(37)39-30-33(36)31-40-35(38)29-26-23-20-17-18-21-24-27-32(2)3/h32-33,36H,4-31H2,1-3H3/t33-/m0/s1. The molecule has 40 heavy (non-hydrogen) atoms. The highest BCUT2D eigenvalue weighted by molar-refractivity contribution is 5.69. The number of carbonyl (C=O) groups excluding carboxylic acids is 2. The highest BCUT2D eigenvalue weighted by Crippen LogP contribution is 2.15. The van der Waals surface area contributed by atoms with E-state index >= 15 is 0 Å². The van der Waals surface area contributed by atoms with Crippen molar-refractivity contribution in [3.8, 4) is 0 Å². The summed E-state index contributed by atoms with van der Waals surface area (Å²) in [4.78, 5) is 23.8. The van der Waals surface area contributed by atoms with Crippen molar-refractivity contribution >= 4 is 11.9 Å². The van der Waals surface area contributed by atoms with Gasteiger partial charge in [0.2, 0.25) is 0 Å². The molecule has 0 radical (unpaired) electrons. The average Bonchev–Trinajstić information content (AvgIpc) is 2.93. The van der Waals surface area contributed by atoms with Gasteiger partial charge >= 0.3 is 11.9 Å². The minimum Gasteiger partial charge on any atom is -0.463 e. The van der Waals surface area contributed by atoms with Crippen molar-refractivity contribution in [2.24, 2.45) is 5.92 Å². The van der Waals surface area contributed by atoms with Crippen molar-refractivity contribution in [1.82, 2.24) is 0 Å². The van der Waals surface area contributed by atoms with Crippen LogP contribution in [0, 0.1) is 5.92 Å². The predicted octanol–water partition coefficient (Wildman–Crippen LogP) is 10.3. The summed E-state index contributed by atoms with van der Waals surface area (Å²) in [6.45, 7) is 6.60. The molecule has 0 rings (SSSR count). The number of esters is 2. The summed E-state index contributed by atoms with van der Waals surface area (Å²) in [5, 5.41) is 9.95. The highest BCUT2D eigenvalue weighted by atomic mass is 16.6. The maximum atomic E-state index is 11.9. The van der Waals surface area contributed by atoms with E-state index in [-0.39, 0.29) is 25.2 Å². The largest absolute Gasteiger partial charge is 0.463 e. The number of carbonyl (C=O) groups is 2. The zero-order valence-electron chi connectivity index (χ0n) is 27.0. The lowest BCUT2D eigenvalue weighted by Gasteiger charge is -2.12. The Morgan fingerprint density at radius 2 is 0.800 bits per heavy atom. The van der Waals surface area contributed by atoms with Crippen molar-refractivity contribution in [3.05, 3.63) is 0 Å². The zero-order chi connectivity index (χ0) is 29.5. The Balaban J connectivity index is 3.39. The van der Waals surface area contributed by atoms with Crippen LogP contribution in [-0.4, -0.2) is 36.4 Å². The van der Waals surface area contributed by atoms with E-state index in [4.69, 9.17) is 9.47 Å². The summed E-state index contributed by atoms with van der Waals surface area (Å²) in [6, 6.07) is 0. The average molecular weight is 569 g/mol. The van der Waals surface area contributed by atoms with Crippen molar-refractivity contribution < 1.29 is 24.2 Å². The second-order valence-corrected chi connectivity index (χ2v) is 12.5. The number of aliphatic hydroxyl groups excluding tert-OH is 1. The molecule has 0 aliphatic carbocycles. The Labute approximate surface area is 248 Å². The molecule has 0 bridgehead atoms. The molecule has 1 N–H and O–H groups in total. The molecule has 0 saturated heterocycles. The maximum Gasteiger partial charge on any atom is 0.305 e. The lowest BCUT2D eigenvalue weighted by Crippen LogP contribution is -2.25. The van der Waals surface area contributed by atoms with Gasteiger partial charge in [-0.3, -0.25) is 9.59 Å². The monoisotopic (exact) mass is 569 g/mol. The van der Waals surface area contributed by atoms with Gasteiger partial charge in [0.25, 0.3) is 0 Å². The smallest absolute Gasteiger partial charge is 0.305 e. The Kier molecular flexibility index (Phi) is 30.0. The summed E-state index contributed by atoms with van der Waals surface area (Å²) < 4.78 is 10.3. The van der Waals surface area contributed by atoms with E-state index in [0.29, 0.717) is 12.8 Å². The minimum atomic E-state index is -0.954. The molecule has 0 saturated carbocycles. The third-order valence-electron chi connectivity index (χ3n) is 7.77. The number of hydrogen-bond acceptors (Lipinski definition) is 5. The van der Waals surface area contributed by atoms with Crippen LogP contribution in [0.5, 0.6) is 0 Å². The minimum absolute atomic E-state index is 0.109. The van der Waals surface area contributed by atoms with E-state index < -0.39 is 6.10 Å². The van der Waals surface area contributed by atoms with E-state index in [1.165, 1.54) is 122 Å². The quantitative estimate of drug-likeness (QED) is 0.0665. The molecule has 0 heterocycles. The molecule has 0 amide bonds. The normalized spacial score (nSPS) is 12.1. The van der Waals surface area contributed by atoms with E-state index in [2.05, 4.69) is 20.8 Å².